The van der Waals surface area contributed by atoms with Crippen LogP contribution in [-0.2, 0) is 13.0 Å². The zero-order valence-electron chi connectivity index (χ0n) is 20.3. The van der Waals surface area contributed by atoms with E-state index in [0.29, 0.717) is 12.0 Å². The number of fused-ring (bicyclic) bond motifs is 2. The summed E-state index contributed by atoms with van der Waals surface area (Å²) in [6.07, 6.45) is 3.19. The maximum absolute atomic E-state index is 6.17. The van der Waals surface area contributed by atoms with Gasteiger partial charge in [-0.25, -0.2) is 0 Å². The molecule has 5 aromatic carbocycles. The van der Waals surface area contributed by atoms with Crippen molar-refractivity contribution in [2.24, 2.45) is 0 Å². The summed E-state index contributed by atoms with van der Waals surface area (Å²) in [5.41, 5.74) is 4.07. The van der Waals surface area contributed by atoms with Crippen LogP contribution in [0.4, 0.5) is 0 Å². The van der Waals surface area contributed by atoms with Crippen LogP contribution in [0.25, 0.3) is 21.5 Å². The van der Waals surface area contributed by atoms with Gasteiger partial charge in [-0.3, -0.25) is 0 Å². The predicted octanol–water partition coefficient (Wildman–Crippen LogP) is 8.93. The van der Waals surface area contributed by atoms with Gasteiger partial charge in [0, 0.05) is 17.6 Å². The van der Waals surface area contributed by atoms with Gasteiger partial charge in [0.15, 0.2) is 0 Å². The lowest BCUT2D eigenvalue weighted by atomic mass is 9.87. The molecule has 2 unspecified atom stereocenters. The smallest absolute Gasteiger partial charge is 0.0406 e. The second-order valence-corrected chi connectivity index (χ2v) is 9.97. The van der Waals surface area contributed by atoms with Crippen molar-refractivity contribution in [2.75, 3.05) is 0 Å². The van der Waals surface area contributed by atoms with Gasteiger partial charge in [-0.2, -0.15) is 0 Å². The van der Waals surface area contributed by atoms with E-state index in [0.717, 1.165) is 30.8 Å². The molecule has 5 rings (SSSR count). The third-order valence-electron chi connectivity index (χ3n) is 7.11. The minimum absolute atomic E-state index is 0.364. The summed E-state index contributed by atoms with van der Waals surface area (Å²) in [6, 6.07) is 39.6. The molecule has 0 fully saturated rings. The number of benzene rings is 5. The van der Waals surface area contributed by atoms with Crippen LogP contribution in [0.15, 0.2) is 109 Å². The topological polar surface area (TPSA) is 12.0 Å². The molecule has 0 saturated carbocycles. The molecule has 0 radical (unpaired) electrons. The molecule has 2 heteroatoms. The Labute approximate surface area is 213 Å². The average molecular weight is 478 g/mol. The molecule has 0 saturated heterocycles. The molecule has 0 aliphatic heterocycles. The predicted molar refractivity (Wildman–Crippen MR) is 151 cm³/mol. The first-order chi connectivity index (χ1) is 17.2. The molecule has 0 heterocycles. The van der Waals surface area contributed by atoms with Crippen LogP contribution in [0.5, 0.6) is 0 Å². The van der Waals surface area contributed by atoms with Crippen molar-refractivity contribution in [3.63, 3.8) is 0 Å². The van der Waals surface area contributed by atoms with E-state index >= 15 is 0 Å². The van der Waals surface area contributed by atoms with Gasteiger partial charge in [-0.05, 0) is 81.6 Å². The Morgan fingerprint density at radius 1 is 0.657 bits per heavy atom. The van der Waals surface area contributed by atoms with Gasteiger partial charge in [-0.1, -0.05) is 110 Å². The van der Waals surface area contributed by atoms with Gasteiger partial charge in [0.05, 0.1) is 0 Å². The maximum atomic E-state index is 6.17. The molecular formula is C33H32ClN. The van der Waals surface area contributed by atoms with Crippen LogP contribution in [0, 0.1) is 0 Å². The van der Waals surface area contributed by atoms with Crippen LogP contribution in [-0.4, -0.2) is 6.04 Å². The van der Waals surface area contributed by atoms with E-state index in [4.69, 9.17) is 11.6 Å². The van der Waals surface area contributed by atoms with E-state index in [1.54, 1.807) is 0 Å². The minimum atomic E-state index is 0.364. The van der Waals surface area contributed by atoms with Crippen LogP contribution in [0.2, 0.25) is 5.02 Å². The zero-order valence-corrected chi connectivity index (χ0v) is 21.0. The SMILES string of the molecule is CCC(CC(Cc1ccc2ccccc2c1)NCc1ccc2ccccc2c1)c1ccc(Cl)cc1. The quantitative estimate of drug-likeness (QED) is 0.223. The van der Waals surface area contributed by atoms with Gasteiger partial charge in [0.1, 0.15) is 0 Å². The highest BCUT2D eigenvalue weighted by Gasteiger charge is 2.18. The normalized spacial score (nSPS) is 13.2. The van der Waals surface area contributed by atoms with Gasteiger partial charge < -0.3 is 5.32 Å². The summed E-state index contributed by atoms with van der Waals surface area (Å²) in [5, 5.41) is 9.90. The molecule has 0 aliphatic rings. The van der Waals surface area contributed by atoms with Gasteiger partial charge in [0.25, 0.3) is 0 Å². The Morgan fingerprint density at radius 2 is 1.23 bits per heavy atom. The van der Waals surface area contributed by atoms with E-state index < -0.39 is 0 Å². The summed E-state index contributed by atoms with van der Waals surface area (Å²) < 4.78 is 0. The number of hydrogen-bond donors (Lipinski definition) is 1. The number of halogens is 1. The third-order valence-corrected chi connectivity index (χ3v) is 7.36. The van der Waals surface area contributed by atoms with Crippen molar-refractivity contribution >= 4 is 33.1 Å². The second kappa shape index (κ2) is 11.1. The summed E-state index contributed by atoms with van der Waals surface area (Å²) in [4.78, 5) is 0. The average Bonchev–Trinajstić information content (AvgIpc) is 2.90. The monoisotopic (exact) mass is 477 g/mol. The van der Waals surface area contributed by atoms with E-state index in [-0.39, 0.29) is 0 Å². The Bertz CT molecular complexity index is 1410. The molecule has 1 nitrogen and oxygen atoms in total. The maximum Gasteiger partial charge on any atom is 0.0406 e. The molecule has 0 aliphatic carbocycles. The molecule has 2 atom stereocenters. The first kappa shape index (κ1) is 23.6. The Kier molecular flexibility index (Phi) is 7.47. The van der Waals surface area contributed by atoms with Crippen LogP contribution < -0.4 is 5.32 Å². The molecule has 0 aromatic heterocycles. The summed E-state index contributed by atoms with van der Waals surface area (Å²) >= 11 is 6.17. The fourth-order valence-corrected chi connectivity index (χ4v) is 5.24. The Hall–Kier alpha value is -3.13. The number of nitrogens with one attached hydrogen (secondary N) is 1. The molecule has 1 N–H and O–H groups in total. The van der Waals surface area contributed by atoms with Gasteiger partial charge in [-0.15, -0.1) is 0 Å². The molecule has 0 spiro atoms. The van der Waals surface area contributed by atoms with Crippen molar-refractivity contribution in [1.29, 1.82) is 0 Å². The Balaban J connectivity index is 1.37. The van der Waals surface area contributed by atoms with Crippen molar-refractivity contribution in [3.8, 4) is 0 Å². The van der Waals surface area contributed by atoms with Gasteiger partial charge in [0.2, 0.25) is 0 Å². The fraction of sp³-hybridized carbons (Fsp3) is 0.212. The van der Waals surface area contributed by atoms with E-state index in [9.17, 15) is 0 Å². The summed E-state index contributed by atoms with van der Waals surface area (Å²) in [5.74, 6) is 0.488. The molecule has 35 heavy (non-hydrogen) atoms. The van der Waals surface area contributed by atoms with E-state index in [2.05, 4.69) is 109 Å². The first-order valence-corrected chi connectivity index (χ1v) is 13.0. The first-order valence-electron chi connectivity index (χ1n) is 12.6. The van der Waals surface area contributed by atoms with Crippen LogP contribution in [0.3, 0.4) is 0 Å². The van der Waals surface area contributed by atoms with Gasteiger partial charge >= 0.3 is 0 Å². The number of rotatable bonds is 9. The highest BCUT2D eigenvalue weighted by molar-refractivity contribution is 6.30. The van der Waals surface area contributed by atoms with E-state index in [1.165, 1.54) is 38.2 Å². The molecule has 176 valence electrons. The van der Waals surface area contributed by atoms with Crippen molar-refractivity contribution in [1.82, 2.24) is 5.32 Å². The lowest BCUT2D eigenvalue weighted by Crippen LogP contribution is -2.32. The molecule has 0 bridgehead atoms. The van der Waals surface area contributed by atoms with Crippen molar-refractivity contribution in [2.45, 2.75) is 44.7 Å². The van der Waals surface area contributed by atoms with Crippen molar-refractivity contribution in [3.05, 3.63) is 131 Å². The molecule has 5 aromatic rings. The summed E-state index contributed by atoms with van der Waals surface area (Å²) in [6.45, 7) is 3.15. The molecule has 0 amide bonds. The number of hydrogen-bond acceptors (Lipinski definition) is 1. The lowest BCUT2D eigenvalue weighted by Gasteiger charge is -2.25. The minimum Gasteiger partial charge on any atom is -0.310 e. The highest BCUT2D eigenvalue weighted by Crippen LogP contribution is 2.28. The standard InChI is InChI=1S/C33H32ClN/c1-2-26(29-15-17-32(34)18-16-29)22-33(21-24-11-13-27-7-3-5-9-30(27)19-24)35-23-25-12-14-28-8-4-6-10-31(28)20-25/h3-20,26,33,35H,2,21-23H2,1H3. The highest BCUT2D eigenvalue weighted by atomic mass is 35.5. The molecular weight excluding hydrogens is 446 g/mol. The third kappa shape index (κ3) is 5.93. The Morgan fingerprint density at radius 3 is 1.86 bits per heavy atom. The lowest BCUT2D eigenvalue weighted by molar-refractivity contribution is 0.429. The largest absolute Gasteiger partial charge is 0.310 e. The van der Waals surface area contributed by atoms with Crippen molar-refractivity contribution < 1.29 is 0 Å². The van der Waals surface area contributed by atoms with Crippen LogP contribution >= 0.6 is 11.6 Å². The second-order valence-electron chi connectivity index (χ2n) is 9.54. The van der Waals surface area contributed by atoms with Crippen LogP contribution in [0.1, 0.15) is 42.4 Å². The fourth-order valence-electron chi connectivity index (χ4n) is 5.12. The summed E-state index contributed by atoms with van der Waals surface area (Å²) in [7, 11) is 0. The zero-order chi connectivity index (χ0) is 24.0. The van der Waals surface area contributed by atoms with E-state index in [1.807, 2.05) is 12.1 Å².